The Hall–Kier alpha value is -2.41. The molecule has 0 radical (unpaired) electrons. The lowest BCUT2D eigenvalue weighted by atomic mass is 10.1. The van der Waals surface area contributed by atoms with E-state index in [9.17, 15) is 9.90 Å². The number of aromatic nitrogens is 2. The van der Waals surface area contributed by atoms with Crippen LogP contribution in [0.3, 0.4) is 0 Å². The van der Waals surface area contributed by atoms with Crippen LogP contribution in [-0.2, 0) is 4.74 Å². The van der Waals surface area contributed by atoms with Crippen LogP contribution in [0.1, 0.15) is 32.4 Å². The smallest absolute Gasteiger partial charge is 0.408 e. The summed E-state index contributed by atoms with van der Waals surface area (Å²) in [7, 11) is 1.50. The molecular weight excluding hydrogens is 298 g/mol. The van der Waals surface area contributed by atoms with Gasteiger partial charge in [-0.3, -0.25) is 0 Å². The van der Waals surface area contributed by atoms with Gasteiger partial charge in [0.2, 0.25) is 5.88 Å². The first-order valence-electron chi connectivity index (χ1n) is 7.24. The van der Waals surface area contributed by atoms with Crippen molar-refractivity contribution in [2.45, 2.75) is 32.4 Å². The van der Waals surface area contributed by atoms with Gasteiger partial charge in [-0.25, -0.2) is 14.8 Å². The molecule has 0 spiro atoms. The minimum atomic E-state index is -0.657. The Bertz CT molecular complexity index is 697. The molecule has 1 atom stereocenters. The molecule has 23 heavy (non-hydrogen) atoms. The zero-order valence-electron chi connectivity index (χ0n) is 13.7. The predicted molar refractivity (Wildman–Crippen MR) is 85.3 cm³/mol. The van der Waals surface area contributed by atoms with E-state index in [-0.39, 0.29) is 6.61 Å². The van der Waals surface area contributed by atoms with Gasteiger partial charge in [0.05, 0.1) is 37.0 Å². The molecule has 0 aliphatic heterocycles. The number of aliphatic hydroxyl groups is 1. The molecule has 1 aromatic carbocycles. The number of rotatable bonds is 4. The van der Waals surface area contributed by atoms with E-state index in [0.717, 1.165) is 0 Å². The Labute approximate surface area is 134 Å². The van der Waals surface area contributed by atoms with Gasteiger partial charge in [-0.1, -0.05) is 12.1 Å². The molecule has 2 rings (SSSR count). The normalized spacial score (nSPS) is 12.7. The quantitative estimate of drug-likeness (QED) is 0.897. The van der Waals surface area contributed by atoms with Crippen LogP contribution in [0.5, 0.6) is 5.88 Å². The summed E-state index contributed by atoms with van der Waals surface area (Å²) < 4.78 is 10.3. The maximum Gasteiger partial charge on any atom is 0.408 e. The molecule has 0 fully saturated rings. The van der Waals surface area contributed by atoms with Crippen molar-refractivity contribution in [3.63, 3.8) is 0 Å². The number of nitrogens with one attached hydrogen (secondary N) is 1. The number of para-hydroxylation sites is 1. The Kier molecular flexibility index (Phi) is 5.00. The molecule has 7 nitrogen and oxygen atoms in total. The van der Waals surface area contributed by atoms with E-state index >= 15 is 0 Å². The van der Waals surface area contributed by atoms with Gasteiger partial charge in [0, 0.05) is 5.56 Å². The molecule has 0 saturated carbocycles. The highest BCUT2D eigenvalue weighted by Crippen LogP contribution is 2.23. The number of alkyl carbamates (subject to hydrolysis) is 1. The molecule has 0 bridgehead atoms. The number of hydrogen-bond acceptors (Lipinski definition) is 6. The Morgan fingerprint density at radius 3 is 2.74 bits per heavy atom. The van der Waals surface area contributed by atoms with Crippen LogP contribution in [-0.4, -0.2) is 40.5 Å². The number of hydrogen-bond donors (Lipinski definition) is 2. The molecule has 0 aliphatic carbocycles. The number of methoxy groups -OCH3 is 1. The van der Waals surface area contributed by atoms with Gasteiger partial charge in [0.25, 0.3) is 0 Å². The number of aliphatic hydroxyl groups excluding tert-OH is 1. The molecule has 124 valence electrons. The van der Waals surface area contributed by atoms with Crippen molar-refractivity contribution in [3.05, 3.63) is 30.0 Å². The fourth-order valence-electron chi connectivity index (χ4n) is 2.09. The van der Waals surface area contributed by atoms with Gasteiger partial charge in [-0.2, -0.15) is 0 Å². The minimum absolute atomic E-state index is 0.294. The summed E-state index contributed by atoms with van der Waals surface area (Å²) in [6, 6.07) is 4.70. The van der Waals surface area contributed by atoms with E-state index in [0.29, 0.717) is 22.5 Å². The van der Waals surface area contributed by atoms with Crippen molar-refractivity contribution in [1.82, 2.24) is 15.3 Å². The predicted octanol–water partition coefficient (Wildman–Crippen LogP) is 2.20. The number of amides is 1. The number of carbonyl (C=O) groups is 1. The van der Waals surface area contributed by atoms with Gasteiger partial charge in [-0.15, -0.1) is 0 Å². The second kappa shape index (κ2) is 6.78. The lowest BCUT2D eigenvalue weighted by molar-refractivity contribution is 0.0482. The standard InChI is InChI=1S/C16H21N3O4/c1-16(2,3)23-15(21)18-12(9-20)10-6-5-7-11-14(10)19-13(22-4)8-17-11/h5-8,12,20H,9H2,1-4H3,(H,18,21). The zero-order chi connectivity index (χ0) is 17.0. The van der Waals surface area contributed by atoms with Crippen LogP contribution < -0.4 is 10.1 Å². The van der Waals surface area contributed by atoms with Crippen LogP contribution in [0.4, 0.5) is 4.79 Å². The summed E-state index contributed by atoms with van der Waals surface area (Å²) in [4.78, 5) is 20.6. The number of carbonyl (C=O) groups excluding carboxylic acids is 1. The molecule has 1 aromatic heterocycles. The van der Waals surface area contributed by atoms with Crippen LogP contribution in [0, 0.1) is 0 Å². The lowest BCUT2D eigenvalue weighted by Crippen LogP contribution is -2.36. The van der Waals surface area contributed by atoms with E-state index in [4.69, 9.17) is 9.47 Å². The third kappa shape index (κ3) is 4.29. The van der Waals surface area contributed by atoms with E-state index in [1.54, 1.807) is 39.0 Å². The van der Waals surface area contributed by atoms with Gasteiger partial charge >= 0.3 is 6.09 Å². The van der Waals surface area contributed by atoms with Gasteiger partial charge < -0.3 is 19.9 Å². The van der Waals surface area contributed by atoms with Crippen molar-refractivity contribution in [3.8, 4) is 5.88 Å². The summed E-state index contributed by atoms with van der Waals surface area (Å²) in [5.74, 6) is 0.360. The molecule has 0 aliphatic rings. The number of ether oxygens (including phenoxy) is 2. The highest BCUT2D eigenvalue weighted by atomic mass is 16.6. The SMILES string of the molecule is COc1cnc2cccc(C(CO)NC(=O)OC(C)(C)C)c2n1. The first kappa shape index (κ1) is 17.0. The Balaban J connectivity index is 2.34. The van der Waals surface area contributed by atoms with Crippen molar-refractivity contribution in [2.24, 2.45) is 0 Å². The largest absolute Gasteiger partial charge is 0.480 e. The third-order valence-electron chi connectivity index (χ3n) is 3.04. The molecule has 2 aromatic rings. The second-order valence-corrected chi connectivity index (χ2v) is 6.01. The second-order valence-electron chi connectivity index (χ2n) is 6.01. The van der Waals surface area contributed by atoms with Gasteiger partial charge in [0.1, 0.15) is 5.60 Å². The van der Waals surface area contributed by atoms with E-state index in [1.165, 1.54) is 13.3 Å². The Morgan fingerprint density at radius 1 is 1.39 bits per heavy atom. The fraction of sp³-hybridized carbons (Fsp3) is 0.438. The molecule has 7 heteroatoms. The van der Waals surface area contributed by atoms with Crippen LogP contribution in [0.2, 0.25) is 0 Å². The van der Waals surface area contributed by atoms with Crippen molar-refractivity contribution < 1.29 is 19.4 Å². The molecule has 1 unspecified atom stereocenters. The Morgan fingerprint density at radius 2 is 2.13 bits per heavy atom. The summed E-state index contributed by atoms with van der Waals surface area (Å²) in [6.07, 6.45) is 0.908. The highest BCUT2D eigenvalue weighted by Gasteiger charge is 2.22. The van der Waals surface area contributed by atoms with Gasteiger partial charge in [0.15, 0.2) is 0 Å². The fourth-order valence-corrected chi connectivity index (χ4v) is 2.09. The van der Waals surface area contributed by atoms with Gasteiger partial charge in [-0.05, 0) is 26.8 Å². The maximum absolute atomic E-state index is 12.0. The average molecular weight is 319 g/mol. The number of benzene rings is 1. The third-order valence-corrected chi connectivity index (χ3v) is 3.04. The van der Waals surface area contributed by atoms with E-state index in [2.05, 4.69) is 15.3 Å². The first-order valence-corrected chi connectivity index (χ1v) is 7.24. The molecular formula is C16H21N3O4. The molecule has 1 amide bonds. The summed E-state index contributed by atoms with van der Waals surface area (Å²) in [5, 5.41) is 12.3. The maximum atomic E-state index is 12.0. The molecule has 0 saturated heterocycles. The first-order chi connectivity index (χ1) is 10.8. The van der Waals surface area contributed by atoms with Crippen LogP contribution in [0.25, 0.3) is 11.0 Å². The zero-order valence-corrected chi connectivity index (χ0v) is 13.7. The molecule has 1 heterocycles. The van der Waals surface area contributed by atoms with E-state index in [1.807, 2.05) is 0 Å². The summed E-state index contributed by atoms with van der Waals surface area (Å²) in [6.45, 7) is 5.02. The van der Waals surface area contributed by atoms with E-state index < -0.39 is 17.7 Å². The van der Waals surface area contributed by atoms with Crippen molar-refractivity contribution in [1.29, 1.82) is 0 Å². The lowest BCUT2D eigenvalue weighted by Gasteiger charge is -2.23. The average Bonchev–Trinajstić information content (AvgIpc) is 2.50. The number of fused-ring (bicyclic) bond motifs is 1. The number of nitrogens with zero attached hydrogens (tertiary/aromatic N) is 2. The van der Waals surface area contributed by atoms with Crippen LogP contribution in [0.15, 0.2) is 24.4 Å². The van der Waals surface area contributed by atoms with Crippen molar-refractivity contribution >= 4 is 17.1 Å². The molecule has 2 N–H and O–H groups in total. The van der Waals surface area contributed by atoms with Crippen molar-refractivity contribution in [2.75, 3.05) is 13.7 Å². The minimum Gasteiger partial charge on any atom is -0.480 e. The topological polar surface area (TPSA) is 93.6 Å². The summed E-state index contributed by atoms with van der Waals surface area (Å²) in [5.41, 5.74) is 1.23. The van der Waals surface area contributed by atoms with Crippen LogP contribution >= 0.6 is 0 Å². The monoisotopic (exact) mass is 319 g/mol. The highest BCUT2D eigenvalue weighted by molar-refractivity contribution is 5.79. The summed E-state index contributed by atoms with van der Waals surface area (Å²) >= 11 is 0.